The third kappa shape index (κ3) is 3.62. The molecule has 0 N–H and O–H groups in total. The van der Waals surface area contributed by atoms with Gasteiger partial charge in [-0.2, -0.15) is 0 Å². The van der Waals surface area contributed by atoms with Gasteiger partial charge in [-0.05, 0) is 77.5 Å². The molecule has 0 atom stereocenters. The maximum absolute atomic E-state index is 2.44. The Morgan fingerprint density at radius 3 is 1.61 bits per heavy atom. The van der Waals surface area contributed by atoms with Crippen LogP contribution in [0.1, 0.15) is 0 Å². The van der Waals surface area contributed by atoms with Gasteiger partial charge >= 0.3 is 0 Å². The number of fused-ring (bicyclic) bond motifs is 11. The van der Waals surface area contributed by atoms with Crippen LogP contribution in [0.3, 0.4) is 0 Å². The highest BCUT2D eigenvalue weighted by molar-refractivity contribution is 7.26. The molecule has 0 unspecified atom stereocenters. The number of rotatable bonds is 3. The summed E-state index contributed by atoms with van der Waals surface area (Å²) in [5.41, 5.74) is 3.50. The minimum Gasteiger partial charge on any atom is -0.310 e. The molecule has 4 heteroatoms. The predicted molar refractivity (Wildman–Crippen MR) is 197 cm³/mol. The van der Waals surface area contributed by atoms with Crippen molar-refractivity contribution in [1.29, 1.82) is 0 Å². The van der Waals surface area contributed by atoms with E-state index in [1.54, 1.807) is 0 Å². The summed E-state index contributed by atoms with van der Waals surface area (Å²) in [6.45, 7) is 0. The van der Waals surface area contributed by atoms with E-state index < -0.39 is 0 Å². The SMILES string of the molecule is c1ccc2c(c1)sc1cc(N(c3ccc4c(ccc5sc6ccccc6c54)c3)c3ccc4sc5ccccc5c4c3)ccc12. The zero-order valence-electron chi connectivity index (χ0n) is 23.5. The Morgan fingerprint density at radius 2 is 0.818 bits per heavy atom. The van der Waals surface area contributed by atoms with E-state index in [1.165, 1.54) is 82.7 Å². The Balaban J connectivity index is 1.22. The molecule has 0 aliphatic carbocycles. The van der Waals surface area contributed by atoms with Crippen molar-refractivity contribution in [2.75, 3.05) is 4.90 Å². The van der Waals surface area contributed by atoms with Crippen LogP contribution in [0.25, 0.3) is 71.3 Å². The second-order valence-electron chi connectivity index (χ2n) is 11.3. The molecule has 10 rings (SSSR count). The first-order valence-electron chi connectivity index (χ1n) is 14.8. The summed E-state index contributed by atoms with van der Waals surface area (Å²) in [6.07, 6.45) is 0. The van der Waals surface area contributed by atoms with E-state index in [9.17, 15) is 0 Å². The van der Waals surface area contributed by atoms with Crippen molar-refractivity contribution < 1.29 is 0 Å². The van der Waals surface area contributed by atoms with Crippen LogP contribution in [0, 0.1) is 0 Å². The molecule has 0 amide bonds. The average Bonchev–Trinajstić information content (AvgIpc) is 3.75. The lowest BCUT2D eigenvalue weighted by Crippen LogP contribution is -2.09. The average molecular weight is 614 g/mol. The van der Waals surface area contributed by atoms with Gasteiger partial charge in [-0.1, -0.05) is 72.8 Å². The lowest BCUT2D eigenvalue weighted by atomic mass is 10.0. The third-order valence-corrected chi connectivity index (χ3v) is 12.3. The number of hydrogen-bond acceptors (Lipinski definition) is 4. The summed E-state index contributed by atoms with van der Waals surface area (Å²) in [4.78, 5) is 2.44. The number of benzene rings is 7. The first-order chi connectivity index (χ1) is 21.8. The largest absolute Gasteiger partial charge is 0.310 e. The standard InChI is InChI=1S/C40H23NS3/c1-4-10-34-29(7-1)31-18-15-27(23-39(31)44-34)41(26-16-20-37-33(22-26)30-8-2-5-11-35(30)42-37)25-14-17-28-24(21-25)13-19-38-40(28)32-9-3-6-12-36(32)43-38/h1-23H. The lowest BCUT2D eigenvalue weighted by Gasteiger charge is -2.26. The molecule has 3 aromatic heterocycles. The van der Waals surface area contributed by atoms with Crippen molar-refractivity contribution in [3.8, 4) is 0 Å². The van der Waals surface area contributed by atoms with E-state index in [1.807, 2.05) is 34.0 Å². The van der Waals surface area contributed by atoms with Gasteiger partial charge in [0.15, 0.2) is 0 Å². The Morgan fingerprint density at radius 1 is 0.318 bits per heavy atom. The van der Waals surface area contributed by atoms with Gasteiger partial charge in [-0.25, -0.2) is 0 Å². The molecule has 3 heterocycles. The Labute approximate surface area is 265 Å². The van der Waals surface area contributed by atoms with E-state index in [0.717, 1.165) is 5.69 Å². The fourth-order valence-corrected chi connectivity index (χ4v) is 10.2. The van der Waals surface area contributed by atoms with Crippen LogP contribution >= 0.6 is 34.0 Å². The highest BCUT2D eigenvalue weighted by Crippen LogP contribution is 2.45. The third-order valence-electron chi connectivity index (χ3n) is 8.84. The molecule has 0 bridgehead atoms. The van der Waals surface area contributed by atoms with E-state index in [0.29, 0.717) is 0 Å². The monoisotopic (exact) mass is 613 g/mol. The molecule has 0 spiro atoms. The van der Waals surface area contributed by atoms with Crippen molar-refractivity contribution in [3.63, 3.8) is 0 Å². The smallest absolute Gasteiger partial charge is 0.0476 e. The fourth-order valence-electron chi connectivity index (χ4n) is 6.83. The van der Waals surface area contributed by atoms with Crippen LogP contribution in [-0.2, 0) is 0 Å². The Hall–Kier alpha value is -4.74. The first-order valence-corrected chi connectivity index (χ1v) is 17.2. The normalized spacial score (nSPS) is 12.1. The van der Waals surface area contributed by atoms with Crippen LogP contribution in [0.15, 0.2) is 140 Å². The molecule has 206 valence electrons. The van der Waals surface area contributed by atoms with E-state index in [2.05, 4.69) is 144 Å². The number of anilines is 3. The predicted octanol–water partition coefficient (Wildman–Crippen LogP) is 13.4. The molecule has 44 heavy (non-hydrogen) atoms. The van der Waals surface area contributed by atoms with Crippen molar-refractivity contribution in [3.05, 3.63) is 140 Å². The van der Waals surface area contributed by atoms with Crippen LogP contribution in [0.2, 0.25) is 0 Å². The number of nitrogens with zero attached hydrogens (tertiary/aromatic N) is 1. The minimum atomic E-state index is 1.16. The molecular weight excluding hydrogens is 591 g/mol. The molecule has 0 aliphatic rings. The number of hydrogen-bond donors (Lipinski definition) is 0. The molecule has 7 aromatic carbocycles. The molecule has 0 saturated carbocycles. The van der Waals surface area contributed by atoms with E-state index in [4.69, 9.17) is 0 Å². The van der Waals surface area contributed by atoms with Gasteiger partial charge in [0.25, 0.3) is 0 Å². The molecular formula is C40H23NS3. The van der Waals surface area contributed by atoms with Gasteiger partial charge in [-0.3, -0.25) is 0 Å². The fraction of sp³-hybridized carbons (Fsp3) is 0. The van der Waals surface area contributed by atoms with Gasteiger partial charge < -0.3 is 4.90 Å². The van der Waals surface area contributed by atoms with Crippen LogP contribution in [-0.4, -0.2) is 0 Å². The molecule has 1 nitrogen and oxygen atoms in total. The first kappa shape index (κ1) is 24.7. The zero-order chi connectivity index (χ0) is 28.8. The summed E-state index contributed by atoms with van der Waals surface area (Å²) in [6, 6.07) is 51.8. The van der Waals surface area contributed by atoms with Gasteiger partial charge in [-0.15, -0.1) is 34.0 Å². The summed E-state index contributed by atoms with van der Waals surface area (Å²) in [7, 11) is 0. The molecule has 0 aliphatic heterocycles. The maximum atomic E-state index is 2.44. The molecule has 0 radical (unpaired) electrons. The highest BCUT2D eigenvalue weighted by Gasteiger charge is 2.18. The second kappa shape index (κ2) is 9.38. The van der Waals surface area contributed by atoms with Crippen molar-refractivity contribution >= 4 is 122 Å². The van der Waals surface area contributed by atoms with E-state index in [-0.39, 0.29) is 0 Å². The lowest BCUT2D eigenvalue weighted by molar-refractivity contribution is 1.30. The molecule has 0 saturated heterocycles. The van der Waals surface area contributed by atoms with Crippen LogP contribution in [0.5, 0.6) is 0 Å². The molecule has 10 aromatic rings. The zero-order valence-corrected chi connectivity index (χ0v) is 25.9. The van der Waals surface area contributed by atoms with Gasteiger partial charge in [0.2, 0.25) is 0 Å². The summed E-state index contributed by atoms with van der Waals surface area (Å²) < 4.78 is 7.97. The summed E-state index contributed by atoms with van der Waals surface area (Å²) in [5, 5.41) is 10.5. The van der Waals surface area contributed by atoms with Gasteiger partial charge in [0.05, 0.1) is 0 Å². The van der Waals surface area contributed by atoms with Crippen molar-refractivity contribution in [2.45, 2.75) is 0 Å². The van der Waals surface area contributed by atoms with Crippen LogP contribution < -0.4 is 4.90 Å². The van der Waals surface area contributed by atoms with E-state index >= 15 is 0 Å². The molecule has 0 fully saturated rings. The minimum absolute atomic E-state index is 1.16. The second-order valence-corrected chi connectivity index (χ2v) is 14.6. The van der Waals surface area contributed by atoms with Gasteiger partial charge in [0.1, 0.15) is 0 Å². The van der Waals surface area contributed by atoms with Crippen molar-refractivity contribution in [1.82, 2.24) is 0 Å². The summed E-state index contributed by atoms with van der Waals surface area (Å²) >= 11 is 5.62. The van der Waals surface area contributed by atoms with Gasteiger partial charge in [0, 0.05) is 77.6 Å². The number of thiophene rings is 3. The topological polar surface area (TPSA) is 3.24 Å². The highest BCUT2D eigenvalue weighted by atomic mass is 32.1. The Kier molecular flexibility index (Phi) is 5.26. The van der Waals surface area contributed by atoms with Crippen molar-refractivity contribution in [2.24, 2.45) is 0 Å². The maximum Gasteiger partial charge on any atom is 0.0476 e. The van der Waals surface area contributed by atoms with Crippen LogP contribution in [0.4, 0.5) is 17.1 Å². The Bertz CT molecular complexity index is 2740. The summed E-state index contributed by atoms with van der Waals surface area (Å²) in [5.74, 6) is 0. The quantitative estimate of drug-likeness (QED) is 0.192.